The minimum Gasteiger partial charge on any atom is -0.496 e. The van der Waals surface area contributed by atoms with Crippen molar-refractivity contribution in [3.05, 3.63) is 28.3 Å². The molecule has 1 unspecified atom stereocenters. The lowest BCUT2D eigenvalue weighted by Crippen LogP contribution is -2.33. The normalized spacial score (nSPS) is 18.7. The summed E-state index contributed by atoms with van der Waals surface area (Å²) in [6.45, 7) is 1.82. The summed E-state index contributed by atoms with van der Waals surface area (Å²) >= 11 is 0. The Morgan fingerprint density at radius 1 is 1.56 bits per heavy atom. The molecular weight excluding hydrogens is 234 g/mol. The number of nitro benzene ring substituents is 1. The fourth-order valence-corrected chi connectivity index (χ4v) is 2.24. The molecule has 98 valence electrons. The fraction of sp³-hybridized carbons (Fsp3) is 0.500. The van der Waals surface area contributed by atoms with Gasteiger partial charge in [-0.3, -0.25) is 10.1 Å². The van der Waals surface area contributed by atoms with E-state index in [1.165, 1.54) is 13.2 Å². The molecule has 1 aromatic carbocycles. The van der Waals surface area contributed by atoms with E-state index in [-0.39, 0.29) is 10.6 Å². The zero-order valence-corrected chi connectivity index (χ0v) is 10.5. The van der Waals surface area contributed by atoms with E-state index < -0.39 is 0 Å². The molecule has 0 amide bonds. The maximum atomic E-state index is 11.1. The third kappa shape index (κ3) is 2.38. The quantitative estimate of drug-likeness (QED) is 0.647. The molecule has 1 aromatic rings. The van der Waals surface area contributed by atoms with Gasteiger partial charge in [0.05, 0.1) is 18.1 Å². The maximum Gasteiger partial charge on any atom is 0.296 e. The first kappa shape index (κ1) is 12.6. The Bertz CT molecular complexity index is 444. The first-order valence-corrected chi connectivity index (χ1v) is 5.89. The standard InChI is InChI=1S/C12H17N3O3/c1-14(9-5-6-13-8-9)11-4-3-10(18-2)7-12(11)15(16)17/h3-4,7,9,13H,5-6,8H2,1-2H3. The Balaban J connectivity index is 2.33. The highest BCUT2D eigenvalue weighted by Crippen LogP contribution is 2.33. The van der Waals surface area contributed by atoms with Gasteiger partial charge in [-0.15, -0.1) is 0 Å². The van der Waals surface area contributed by atoms with Crippen LogP contribution in [0.4, 0.5) is 11.4 Å². The van der Waals surface area contributed by atoms with Gasteiger partial charge in [0, 0.05) is 19.6 Å². The van der Waals surface area contributed by atoms with E-state index in [1.54, 1.807) is 12.1 Å². The van der Waals surface area contributed by atoms with Crippen LogP contribution in [0.3, 0.4) is 0 Å². The SMILES string of the molecule is COc1ccc(N(C)C2CCNC2)c([N+](=O)[O-])c1. The molecule has 6 heteroatoms. The largest absolute Gasteiger partial charge is 0.496 e. The van der Waals surface area contributed by atoms with Crippen LogP contribution in [0.15, 0.2) is 18.2 Å². The van der Waals surface area contributed by atoms with Gasteiger partial charge >= 0.3 is 0 Å². The minimum absolute atomic E-state index is 0.0868. The summed E-state index contributed by atoms with van der Waals surface area (Å²) in [5.74, 6) is 0.503. The van der Waals surface area contributed by atoms with E-state index in [4.69, 9.17) is 4.74 Å². The molecular formula is C12H17N3O3. The molecule has 0 saturated carbocycles. The Morgan fingerprint density at radius 3 is 2.89 bits per heavy atom. The third-order valence-electron chi connectivity index (χ3n) is 3.34. The van der Waals surface area contributed by atoms with E-state index in [1.807, 2.05) is 11.9 Å². The van der Waals surface area contributed by atoms with E-state index in [0.29, 0.717) is 17.5 Å². The van der Waals surface area contributed by atoms with Gasteiger partial charge in [0.15, 0.2) is 0 Å². The summed E-state index contributed by atoms with van der Waals surface area (Å²) in [6.07, 6.45) is 1.000. The smallest absolute Gasteiger partial charge is 0.296 e. The first-order valence-electron chi connectivity index (χ1n) is 5.89. The van der Waals surface area contributed by atoms with Gasteiger partial charge in [-0.1, -0.05) is 0 Å². The van der Waals surface area contributed by atoms with Gasteiger partial charge in [0.1, 0.15) is 11.4 Å². The summed E-state index contributed by atoms with van der Waals surface area (Å²) in [4.78, 5) is 12.7. The number of rotatable bonds is 4. The lowest BCUT2D eigenvalue weighted by molar-refractivity contribution is -0.384. The predicted molar refractivity (Wildman–Crippen MR) is 69.3 cm³/mol. The number of ether oxygens (including phenoxy) is 1. The van der Waals surface area contributed by atoms with Gasteiger partial charge in [0.2, 0.25) is 0 Å². The molecule has 0 bridgehead atoms. The van der Waals surface area contributed by atoms with Crippen molar-refractivity contribution in [3.63, 3.8) is 0 Å². The zero-order valence-electron chi connectivity index (χ0n) is 10.5. The maximum absolute atomic E-state index is 11.1. The molecule has 6 nitrogen and oxygen atoms in total. The average molecular weight is 251 g/mol. The molecule has 1 fully saturated rings. The monoisotopic (exact) mass is 251 g/mol. The number of nitrogens with one attached hydrogen (secondary N) is 1. The fourth-order valence-electron chi connectivity index (χ4n) is 2.24. The van der Waals surface area contributed by atoms with Crippen molar-refractivity contribution in [1.82, 2.24) is 5.32 Å². The van der Waals surface area contributed by atoms with Gasteiger partial charge in [-0.25, -0.2) is 0 Å². The van der Waals surface area contributed by atoms with Gasteiger partial charge in [-0.05, 0) is 25.1 Å². The highest BCUT2D eigenvalue weighted by molar-refractivity contribution is 5.65. The van der Waals surface area contributed by atoms with Crippen LogP contribution in [0.2, 0.25) is 0 Å². The summed E-state index contributed by atoms with van der Waals surface area (Å²) in [7, 11) is 3.40. The number of anilines is 1. The number of hydrogen-bond donors (Lipinski definition) is 1. The van der Waals surface area contributed by atoms with E-state index >= 15 is 0 Å². The van der Waals surface area contributed by atoms with Crippen molar-refractivity contribution < 1.29 is 9.66 Å². The van der Waals surface area contributed by atoms with Gasteiger partial charge in [-0.2, -0.15) is 0 Å². The van der Waals surface area contributed by atoms with Crippen molar-refractivity contribution in [3.8, 4) is 5.75 Å². The molecule has 18 heavy (non-hydrogen) atoms. The van der Waals surface area contributed by atoms with Crippen molar-refractivity contribution in [2.75, 3.05) is 32.1 Å². The third-order valence-corrected chi connectivity index (χ3v) is 3.34. The molecule has 2 rings (SSSR count). The van der Waals surface area contributed by atoms with E-state index in [0.717, 1.165) is 19.5 Å². The summed E-state index contributed by atoms with van der Waals surface area (Å²) in [5, 5.41) is 14.4. The van der Waals surface area contributed by atoms with Gasteiger partial charge < -0.3 is 15.0 Å². The molecule has 0 spiro atoms. The molecule has 0 radical (unpaired) electrons. The zero-order chi connectivity index (χ0) is 13.1. The molecule has 0 aliphatic carbocycles. The number of methoxy groups -OCH3 is 1. The second-order valence-electron chi connectivity index (χ2n) is 4.37. The van der Waals surface area contributed by atoms with Crippen molar-refractivity contribution in [1.29, 1.82) is 0 Å². The number of nitrogens with zero attached hydrogens (tertiary/aromatic N) is 2. The number of benzene rings is 1. The molecule has 1 N–H and O–H groups in total. The van der Waals surface area contributed by atoms with Crippen LogP contribution in [0.1, 0.15) is 6.42 Å². The molecule has 0 aromatic heterocycles. The Morgan fingerprint density at radius 2 is 2.33 bits per heavy atom. The lowest BCUT2D eigenvalue weighted by Gasteiger charge is -2.25. The number of nitro groups is 1. The molecule has 1 heterocycles. The minimum atomic E-state index is -0.364. The number of likely N-dealkylation sites (N-methyl/N-ethyl adjacent to an activating group) is 1. The highest BCUT2D eigenvalue weighted by atomic mass is 16.6. The lowest BCUT2D eigenvalue weighted by atomic mass is 10.1. The average Bonchev–Trinajstić information content (AvgIpc) is 2.91. The molecule has 1 aliphatic rings. The van der Waals surface area contributed by atoms with Crippen LogP contribution in [0.5, 0.6) is 5.75 Å². The van der Waals surface area contributed by atoms with Crippen LogP contribution in [0, 0.1) is 10.1 Å². The van der Waals surface area contributed by atoms with Crippen molar-refractivity contribution >= 4 is 11.4 Å². The second-order valence-corrected chi connectivity index (χ2v) is 4.37. The van der Waals surface area contributed by atoms with Crippen LogP contribution >= 0.6 is 0 Å². The van der Waals surface area contributed by atoms with Crippen molar-refractivity contribution in [2.45, 2.75) is 12.5 Å². The summed E-state index contributed by atoms with van der Waals surface area (Å²) in [6, 6.07) is 5.27. The van der Waals surface area contributed by atoms with Crippen LogP contribution in [-0.4, -0.2) is 38.2 Å². The Kier molecular flexibility index (Phi) is 3.66. The first-order chi connectivity index (χ1) is 8.63. The molecule has 1 aliphatic heterocycles. The predicted octanol–water partition coefficient (Wildman–Crippen LogP) is 1.40. The highest BCUT2D eigenvalue weighted by Gasteiger charge is 2.25. The van der Waals surface area contributed by atoms with E-state index in [2.05, 4.69) is 5.32 Å². The topological polar surface area (TPSA) is 67.6 Å². The van der Waals surface area contributed by atoms with Crippen molar-refractivity contribution in [2.24, 2.45) is 0 Å². The Labute approximate surface area is 106 Å². The summed E-state index contributed by atoms with van der Waals surface area (Å²) in [5.41, 5.74) is 0.721. The molecule has 1 atom stereocenters. The van der Waals surface area contributed by atoms with Crippen LogP contribution in [0.25, 0.3) is 0 Å². The van der Waals surface area contributed by atoms with E-state index in [9.17, 15) is 10.1 Å². The summed E-state index contributed by atoms with van der Waals surface area (Å²) < 4.78 is 5.03. The van der Waals surface area contributed by atoms with Crippen LogP contribution < -0.4 is 15.0 Å². The Hall–Kier alpha value is -1.82. The second kappa shape index (κ2) is 5.22. The van der Waals surface area contributed by atoms with Gasteiger partial charge in [0.25, 0.3) is 5.69 Å². The molecule has 1 saturated heterocycles. The number of hydrogen-bond acceptors (Lipinski definition) is 5. The van der Waals surface area contributed by atoms with Crippen LogP contribution in [-0.2, 0) is 0 Å².